The summed E-state index contributed by atoms with van der Waals surface area (Å²) in [6, 6.07) is 0. The van der Waals surface area contributed by atoms with E-state index in [-0.39, 0.29) is 41.2 Å². The van der Waals surface area contributed by atoms with E-state index in [2.05, 4.69) is 10.3 Å². The number of amides is 1. The number of esters is 1. The summed E-state index contributed by atoms with van der Waals surface area (Å²) in [5.41, 5.74) is 1.04. The molecule has 2 aliphatic rings. The van der Waals surface area contributed by atoms with E-state index in [4.69, 9.17) is 10.1 Å². The molecular formula is C16H18N4O4. The van der Waals surface area contributed by atoms with Crippen molar-refractivity contribution in [3.8, 4) is 0 Å². The summed E-state index contributed by atoms with van der Waals surface area (Å²) in [4.78, 5) is 39.9. The van der Waals surface area contributed by atoms with Crippen molar-refractivity contribution >= 4 is 23.4 Å². The predicted octanol–water partition coefficient (Wildman–Crippen LogP) is 1.26. The van der Waals surface area contributed by atoms with E-state index >= 15 is 0 Å². The topological polar surface area (TPSA) is 114 Å². The lowest BCUT2D eigenvalue weighted by atomic mass is 9.94. The van der Waals surface area contributed by atoms with E-state index in [0.29, 0.717) is 30.1 Å². The molecule has 2 heterocycles. The number of nitrogens with one attached hydrogen (secondary N) is 2. The van der Waals surface area contributed by atoms with Gasteiger partial charge in [0.2, 0.25) is 11.7 Å². The van der Waals surface area contributed by atoms with Gasteiger partial charge in [-0.15, -0.1) is 0 Å². The molecule has 1 aliphatic carbocycles. The highest BCUT2D eigenvalue weighted by molar-refractivity contribution is 6.26. The molecule has 1 amide bonds. The fraction of sp³-hybridized carbons (Fsp3) is 0.438. The van der Waals surface area contributed by atoms with Crippen molar-refractivity contribution in [3.05, 3.63) is 28.5 Å². The molecule has 0 spiro atoms. The zero-order chi connectivity index (χ0) is 17.6. The van der Waals surface area contributed by atoms with E-state index < -0.39 is 6.10 Å². The SMILES string of the molecule is CCC(=O)OC1CCn2c1nc1c2C(=O)C(C)=C(NC(C)=O)C1=N. The Kier molecular flexibility index (Phi) is 3.82. The maximum atomic E-state index is 12.7. The first kappa shape index (κ1) is 16.1. The molecule has 0 saturated carbocycles. The lowest BCUT2D eigenvalue weighted by molar-refractivity contribution is -0.149. The Morgan fingerprint density at radius 1 is 1.46 bits per heavy atom. The molecule has 1 atom stereocenters. The molecule has 1 aliphatic heterocycles. The first-order valence-electron chi connectivity index (χ1n) is 7.77. The molecule has 8 nitrogen and oxygen atoms in total. The molecule has 0 fully saturated rings. The Balaban J connectivity index is 2.02. The molecule has 1 unspecified atom stereocenters. The van der Waals surface area contributed by atoms with Crippen molar-refractivity contribution in [2.45, 2.75) is 46.3 Å². The number of Topliss-reactive ketones (excluding diaryl/α,β-unsaturated/α-hetero) is 1. The standard InChI is InChI=1S/C16H18N4O4/c1-4-10(22)24-9-5-6-20-14-13(19-16(9)20)11(17)12(18-8(3)21)7(2)15(14)23/h9,17H,4-6H2,1-3H3,(H,18,21). The van der Waals surface area contributed by atoms with Crippen LogP contribution in [-0.2, 0) is 20.9 Å². The second kappa shape index (κ2) is 5.70. The van der Waals surface area contributed by atoms with Crippen LogP contribution in [0.25, 0.3) is 0 Å². The quantitative estimate of drug-likeness (QED) is 0.810. The van der Waals surface area contributed by atoms with Crippen molar-refractivity contribution in [1.82, 2.24) is 14.9 Å². The van der Waals surface area contributed by atoms with Gasteiger partial charge >= 0.3 is 5.97 Å². The van der Waals surface area contributed by atoms with Crippen molar-refractivity contribution in [3.63, 3.8) is 0 Å². The average molecular weight is 330 g/mol. The van der Waals surface area contributed by atoms with Gasteiger partial charge in [-0.3, -0.25) is 19.8 Å². The minimum atomic E-state index is -0.506. The fourth-order valence-electron chi connectivity index (χ4n) is 3.01. The smallest absolute Gasteiger partial charge is 0.306 e. The third kappa shape index (κ3) is 2.34. The van der Waals surface area contributed by atoms with Crippen LogP contribution in [0.15, 0.2) is 11.3 Å². The highest BCUT2D eigenvalue weighted by atomic mass is 16.5. The van der Waals surface area contributed by atoms with E-state index in [1.807, 2.05) is 0 Å². The first-order valence-corrected chi connectivity index (χ1v) is 7.77. The second-order valence-corrected chi connectivity index (χ2v) is 5.82. The third-order valence-electron chi connectivity index (χ3n) is 4.18. The van der Waals surface area contributed by atoms with Gasteiger partial charge in [-0.2, -0.15) is 0 Å². The summed E-state index contributed by atoms with van der Waals surface area (Å²) in [6.07, 6.45) is 0.315. The fourth-order valence-corrected chi connectivity index (χ4v) is 3.01. The number of ether oxygens (including phenoxy) is 1. The van der Waals surface area contributed by atoms with Gasteiger partial charge < -0.3 is 14.6 Å². The van der Waals surface area contributed by atoms with E-state index in [1.165, 1.54) is 6.92 Å². The zero-order valence-electron chi connectivity index (χ0n) is 13.7. The van der Waals surface area contributed by atoms with Crippen molar-refractivity contribution in [2.75, 3.05) is 0 Å². The lowest BCUT2D eigenvalue weighted by Crippen LogP contribution is -2.33. The first-order chi connectivity index (χ1) is 11.3. The predicted molar refractivity (Wildman–Crippen MR) is 83.6 cm³/mol. The van der Waals surface area contributed by atoms with Gasteiger partial charge in [0.15, 0.2) is 11.9 Å². The lowest BCUT2D eigenvalue weighted by Gasteiger charge is -2.19. The molecule has 0 bridgehead atoms. The van der Waals surface area contributed by atoms with Crippen LogP contribution in [0.1, 0.15) is 61.7 Å². The van der Waals surface area contributed by atoms with Crippen molar-refractivity contribution in [1.29, 1.82) is 5.41 Å². The Hall–Kier alpha value is -2.77. The molecule has 0 saturated heterocycles. The highest BCUT2D eigenvalue weighted by Gasteiger charge is 2.39. The number of hydrogen-bond donors (Lipinski definition) is 2. The van der Waals surface area contributed by atoms with Crippen LogP contribution in [0.5, 0.6) is 0 Å². The molecular weight excluding hydrogens is 312 g/mol. The molecule has 1 aromatic heterocycles. The van der Waals surface area contributed by atoms with Gasteiger partial charge in [0.05, 0.1) is 5.70 Å². The molecule has 126 valence electrons. The van der Waals surface area contributed by atoms with Gasteiger partial charge in [-0.1, -0.05) is 6.92 Å². The minimum Gasteiger partial charge on any atom is -0.454 e. The molecule has 0 radical (unpaired) electrons. The third-order valence-corrected chi connectivity index (χ3v) is 4.18. The van der Waals surface area contributed by atoms with Crippen LogP contribution >= 0.6 is 0 Å². The Morgan fingerprint density at radius 3 is 2.79 bits per heavy atom. The van der Waals surface area contributed by atoms with Gasteiger partial charge in [0, 0.05) is 31.9 Å². The van der Waals surface area contributed by atoms with Crippen LogP contribution in [0.4, 0.5) is 0 Å². The van der Waals surface area contributed by atoms with Crippen LogP contribution < -0.4 is 5.32 Å². The van der Waals surface area contributed by atoms with Crippen LogP contribution in [-0.4, -0.2) is 32.9 Å². The molecule has 0 aromatic carbocycles. The minimum absolute atomic E-state index is 0.000215. The van der Waals surface area contributed by atoms with Crippen LogP contribution in [0.2, 0.25) is 0 Å². The normalized spacial score (nSPS) is 19.2. The molecule has 1 aromatic rings. The average Bonchev–Trinajstić information content (AvgIpc) is 3.09. The summed E-state index contributed by atoms with van der Waals surface area (Å²) < 4.78 is 7.08. The number of aromatic nitrogens is 2. The number of carbonyl (C=O) groups is 3. The van der Waals surface area contributed by atoms with Gasteiger partial charge in [-0.05, 0) is 6.92 Å². The number of fused-ring (bicyclic) bond motifs is 3. The van der Waals surface area contributed by atoms with Crippen LogP contribution in [0.3, 0.4) is 0 Å². The Morgan fingerprint density at radius 2 is 2.17 bits per heavy atom. The summed E-state index contributed by atoms with van der Waals surface area (Å²) in [5.74, 6) is -0.473. The van der Waals surface area contributed by atoms with Gasteiger partial charge in [-0.25, -0.2) is 4.98 Å². The summed E-state index contributed by atoms with van der Waals surface area (Å²) >= 11 is 0. The molecule has 3 rings (SSSR count). The largest absolute Gasteiger partial charge is 0.454 e. The number of hydrogen-bond acceptors (Lipinski definition) is 6. The molecule has 2 N–H and O–H groups in total. The molecule has 24 heavy (non-hydrogen) atoms. The summed E-state index contributed by atoms with van der Waals surface area (Å²) in [5, 5.41) is 10.8. The van der Waals surface area contributed by atoms with E-state index in [0.717, 1.165) is 0 Å². The Labute approximate surface area is 138 Å². The van der Waals surface area contributed by atoms with E-state index in [1.54, 1.807) is 18.4 Å². The van der Waals surface area contributed by atoms with Crippen molar-refractivity contribution in [2.24, 2.45) is 0 Å². The number of nitrogens with zero attached hydrogens (tertiary/aromatic N) is 2. The molecule has 8 heteroatoms. The van der Waals surface area contributed by atoms with Crippen molar-refractivity contribution < 1.29 is 19.1 Å². The number of ketones is 1. The van der Waals surface area contributed by atoms with Crippen LogP contribution in [0, 0.1) is 5.41 Å². The second-order valence-electron chi connectivity index (χ2n) is 5.82. The Bertz CT molecular complexity index is 818. The number of carbonyl (C=O) groups excluding carboxylic acids is 3. The summed E-state index contributed by atoms with van der Waals surface area (Å²) in [6.45, 7) is 5.11. The number of rotatable bonds is 3. The maximum Gasteiger partial charge on any atom is 0.306 e. The highest BCUT2D eigenvalue weighted by Crippen LogP contribution is 2.35. The zero-order valence-corrected chi connectivity index (χ0v) is 13.7. The van der Waals surface area contributed by atoms with Gasteiger partial charge in [0.25, 0.3) is 0 Å². The van der Waals surface area contributed by atoms with Gasteiger partial charge in [0.1, 0.15) is 17.1 Å². The maximum absolute atomic E-state index is 12.7. The van der Waals surface area contributed by atoms with E-state index in [9.17, 15) is 14.4 Å². The number of imidazole rings is 1. The monoisotopic (exact) mass is 330 g/mol. The number of allylic oxidation sites excluding steroid dienone is 2. The summed E-state index contributed by atoms with van der Waals surface area (Å²) in [7, 11) is 0.